The monoisotopic (exact) mass is 281 g/mol. The quantitative estimate of drug-likeness (QED) is 0.863. The third-order valence-corrected chi connectivity index (χ3v) is 4.35. The van der Waals surface area contributed by atoms with Gasteiger partial charge in [-0.2, -0.15) is 0 Å². The number of nitrogens with one attached hydrogen (secondary N) is 1. The van der Waals surface area contributed by atoms with Gasteiger partial charge in [-0.25, -0.2) is 4.79 Å². The summed E-state index contributed by atoms with van der Waals surface area (Å²) < 4.78 is 5.03. The van der Waals surface area contributed by atoms with Crippen LogP contribution >= 0.6 is 11.3 Å². The summed E-state index contributed by atoms with van der Waals surface area (Å²) in [6, 6.07) is 2.12. The second-order valence-electron chi connectivity index (χ2n) is 4.91. The molecule has 0 saturated heterocycles. The van der Waals surface area contributed by atoms with Gasteiger partial charge in [0.2, 0.25) is 0 Å². The molecule has 1 heterocycles. The van der Waals surface area contributed by atoms with Crippen molar-refractivity contribution in [1.82, 2.24) is 5.32 Å². The molecule has 5 heteroatoms. The summed E-state index contributed by atoms with van der Waals surface area (Å²) in [5.74, 6) is -0.610. The lowest BCUT2D eigenvalue weighted by atomic mass is 9.95. The van der Waals surface area contributed by atoms with E-state index >= 15 is 0 Å². The molecule has 0 atom stereocenters. The molecular weight excluding hydrogens is 262 g/mol. The number of carbonyl (C=O) groups is 2. The summed E-state index contributed by atoms with van der Waals surface area (Å²) in [7, 11) is 0. The first-order chi connectivity index (χ1) is 9.16. The van der Waals surface area contributed by atoms with E-state index in [2.05, 4.69) is 5.32 Å². The molecule has 0 aliphatic heterocycles. The van der Waals surface area contributed by atoms with Crippen LogP contribution < -0.4 is 5.32 Å². The predicted octanol–water partition coefficient (Wildman–Crippen LogP) is 2.66. The Morgan fingerprint density at radius 1 is 1.37 bits per heavy atom. The van der Waals surface area contributed by atoms with Gasteiger partial charge in [0.15, 0.2) is 6.61 Å². The van der Waals surface area contributed by atoms with E-state index in [0.29, 0.717) is 4.88 Å². The first-order valence-corrected chi connectivity index (χ1v) is 7.55. The lowest BCUT2D eigenvalue weighted by Crippen LogP contribution is -2.38. The Hall–Kier alpha value is -1.36. The van der Waals surface area contributed by atoms with Crippen LogP contribution in [0.2, 0.25) is 0 Å². The Kier molecular flexibility index (Phi) is 4.96. The van der Waals surface area contributed by atoms with Crippen LogP contribution in [0.1, 0.15) is 47.3 Å². The molecular formula is C14H19NO3S. The molecule has 1 amide bonds. The van der Waals surface area contributed by atoms with E-state index in [0.717, 1.165) is 18.4 Å². The van der Waals surface area contributed by atoms with Gasteiger partial charge < -0.3 is 10.1 Å². The van der Waals surface area contributed by atoms with Gasteiger partial charge in [-0.15, -0.1) is 11.3 Å². The zero-order valence-corrected chi connectivity index (χ0v) is 11.9. The van der Waals surface area contributed by atoms with E-state index < -0.39 is 5.97 Å². The molecule has 0 spiro atoms. The average molecular weight is 281 g/mol. The van der Waals surface area contributed by atoms with Crippen LogP contribution in [-0.4, -0.2) is 24.5 Å². The van der Waals surface area contributed by atoms with Crippen molar-refractivity contribution in [2.45, 2.75) is 45.1 Å². The maximum Gasteiger partial charge on any atom is 0.349 e. The van der Waals surface area contributed by atoms with Crippen LogP contribution in [0.15, 0.2) is 11.4 Å². The minimum atomic E-state index is -0.411. The van der Waals surface area contributed by atoms with Crippen LogP contribution in [0, 0.1) is 6.92 Å². The molecule has 1 aliphatic rings. The maximum atomic E-state index is 11.7. The van der Waals surface area contributed by atoms with E-state index in [9.17, 15) is 9.59 Å². The van der Waals surface area contributed by atoms with Crippen molar-refractivity contribution in [2.24, 2.45) is 0 Å². The molecule has 0 radical (unpaired) electrons. The zero-order valence-electron chi connectivity index (χ0n) is 11.1. The van der Waals surface area contributed by atoms with Gasteiger partial charge >= 0.3 is 5.97 Å². The molecule has 2 rings (SSSR count). The third-order valence-electron chi connectivity index (χ3n) is 3.35. The number of carbonyl (C=O) groups excluding carboxylic acids is 2. The number of aryl methyl sites for hydroxylation is 1. The van der Waals surface area contributed by atoms with Crippen molar-refractivity contribution in [3.05, 3.63) is 21.9 Å². The van der Waals surface area contributed by atoms with Crippen molar-refractivity contribution < 1.29 is 14.3 Å². The number of amides is 1. The predicted molar refractivity (Wildman–Crippen MR) is 74.4 cm³/mol. The second kappa shape index (κ2) is 6.70. The molecule has 1 saturated carbocycles. The van der Waals surface area contributed by atoms with Crippen LogP contribution in [-0.2, 0) is 9.53 Å². The number of ether oxygens (including phenoxy) is 1. The van der Waals surface area contributed by atoms with Crippen molar-refractivity contribution in [3.63, 3.8) is 0 Å². The SMILES string of the molecule is Cc1ccsc1C(=O)OCC(=O)NC1CCCCC1. The van der Waals surface area contributed by atoms with E-state index in [1.807, 2.05) is 18.4 Å². The molecule has 104 valence electrons. The fraction of sp³-hybridized carbons (Fsp3) is 0.571. The number of hydrogen-bond donors (Lipinski definition) is 1. The van der Waals surface area contributed by atoms with Gasteiger partial charge in [0.25, 0.3) is 5.91 Å². The van der Waals surface area contributed by atoms with Crippen molar-refractivity contribution >= 4 is 23.2 Å². The molecule has 0 unspecified atom stereocenters. The minimum Gasteiger partial charge on any atom is -0.451 e. The smallest absolute Gasteiger partial charge is 0.349 e. The molecule has 1 aromatic rings. The fourth-order valence-corrected chi connectivity index (χ4v) is 3.11. The molecule has 1 aliphatic carbocycles. The summed E-state index contributed by atoms with van der Waals surface area (Å²) in [5, 5.41) is 4.76. The minimum absolute atomic E-state index is 0.188. The zero-order chi connectivity index (χ0) is 13.7. The lowest BCUT2D eigenvalue weighted by Gasteiger charge is -2.22. The van der Waals surface area contributed by atoms with E-state index in [1.165, 1.54) is 30.6 Å². The van der Waals surface area contributed by atoms with Crippen LogP contribution in [0.4, 0.5) is 0 Å². The van der Waals surface area contributed by atoms with Crippen molar-refractivity contribution in [3.8, 4) is 0 Å². The standard InChI is InChI=1S/C14H19NO3S/c1-10-7-8-19-13(10)14(17)18-9-12(16)15-11-5-3-2-4-6-11/h7-8,11H,2-6,9H2,1H3,(H,15,16). The maximum absolute atomic E-state index is 11.7. The Balaban J connectivity index is 1.74. The van der Waals surface area contributed by atoms with Crippen LogP contribution in [0.25, 0.3) is 0 Å². The highest BCUT2D eigenvalue weighted by atomic mass is 32.1. The number of thiophene rings is 1. The lowest BCUT2D eigenvalue weighted by molar-refractivity contribution is -0.125. The van der Waals surface area contributed by atoms with Crippen LogP contribution in [0.5, 0.6) is 0 Å². The first kappa shape index (κ1) is 14.1. The Morgan fingerprint density at radius 3 is 2.74 bits per heavy atom. The fourth-order valence-electron chi connectivity index (χ4n) is 2.29. The van der Waals surface area contributed by atoms with Gasteiger partial charge in [-0.1, -0.05) is 19.3 Å². The van der Waals surface area contributed by atoms with Gasteiger partial charge in [0.1, 0.15) is 4.88 Å². The van der Waals surface area contributed by atoms with E-state index in [4.69, 9.17) is 4.74 Å². The van der Waals surface area contributed by atoms with Gasteiger partial charge in [-0.3, -0.25) is 4.79 Å². The van der Waals surface area contributed by atoms with E-state index in [1.54, 1.807) is 0 Å². The Bertz CT molecular complexity index is 449. The number of hydrogen-bond acceptors (Lipinski definition) is 4. The largest absolute Gasteiger partial charge is 0.451 e. The Morgan fingerprint density at radius 2 is 2.11 bits per heavy atom. The molecule has 1 aromatic heterocycles. The first-order valence-electron chi connectivity index (χ1n) is 6.67. The van der Waals surface area contributed by atoms with E-state index in [-0.39, 0.29) is 18.6 Å². The van der Waals surface area contributed by atoms with Crippen molar-refractivity contribution in [2.75, 3.05) is 6.61 Å². The molecule has 19 heavy (non-hydrogen) atoms. The summed E-state index contributed by atoms with van der Waals surface area (Å²) in [4.78, 5) is 24.0. The van der Waals surface area contributed by atoms with Gasteiger partial charge in [0, 0.05) is 6.04 Å². The molecule has 0 bridgehead atoms. The second-order valence-corrected chi connectivity index (χ2v) is 5.83. The number of rotatable bonds is 4. The summed E-state index contributed by atoms with van der Waals surface area (Å²) in [5.41, 5.74) is 0.891. The molecule has 4 nitrogen and oxygen atoms in total. The molecule has 1 N–H and O–H groups in total. The van der Waals surface area contributed by atoms with Gasteiger partial charge in [0.05, 0.1) is 0 Å². The Labute approximate surface area is 117 Å². The highest BCUT2D eigenvalue weighted by Crippen LogP contribution is 2.18. The summed E-state index contributed by atoms with van der Waals surface area (Å²) in [6.45, 7) is 1.67. The summed E-state index contributed by atoms with van der Waals surface area (Å²) >= 11 is 1.34. The topological polar surface area (TPSA) is 55.4 Å². The molecule has 1 fully saturated rings. The highest BCUT2D eigenvalue weighted by molar-refractivity contribution is 7.12. The highest BCUT2D eigenvalue weighted by Gasteiger charge is 2.18. The number of esters is 1. The summed E-state index contributed by atoms with van der Waals surface area (Å²) in [6.07, 6.45) is 5.64. The van der Waals surface area contributed by atoms with Crippen molar-refractivity contribution in [1.29, 1.82) is 0 Å². The van der Waals surface area contributed by atoms with Gasteiger partial charge in [-0.05, 0) is 36.8 Å². The molecule has 0 aromatic carbocycles. The third kappa shape index (κ3) is 4.06. The average Bonchev–Trinajstić information content (AvgIpc) is 2.83. The van der Waals surface area contributed by atoms with Crippen LogP contribution in [0.3, 0.4) is 0 Å². The normalized spacial score (nSPS) is 16.1.